The highest BCUT2D eigenvalue weighted by atomic mass is 16.4. The second-order valence-electron chi connectivity index (χ2n) is 4.67. The van der Waals surface area contributed by atoms with Crippen LogP contribution in [0.4, 0.5) is 5.69 Å². The molecule has 1 aromatic rings. The van der Waals surface area contributed by atoms with E-state index in [1.165, 1.54) is 13.1 Å². The Kier molecular flexibility index (Phi) is 3.67. The van der Waals surface area contributed by atoms with E-state index >= 15 is 0 Å². The van der Waals surface area contributed by atoms with Crippen LogP contribution in [-0.2, 0) is 14.4 Å². The lowest BCUT2D eigenvalue weighted by molar-refractivity contribution is -0.167. The van der Waals surface area contributed by atoms with E-state index in [0.717, 1.165) is 4.90 Å². The van der Waals surface area contributed by atoms with Gasteiger partial charge >= 0.3 is 5.97 Å². The van der Waals surface area contributed by atoms with Gasteiger partial charge in [-0.3, -0.25) is 14.4 Å². The molecule has 1 heterocycles. The zero-order chi connectivity index (χ0) is 15.8. The highest BCUT2D eigenvalue weighted by molar-refractivity contribution is 6.17. The highest BCUT2D eigenvalue weighted by Crippen LogP contribution is 2.39. The van der Waals surface area contributed by atoms with Gasteiger partial charge < -0.3 is 25.5 Å². The molecular formula is C13H14N2O6. The van der Waals surface area contributed by atoms with Crippen molar-refractivity contribution in [3.05, 3.63) is 29.8 Å². The van der Waals surface area contributed by atoms with Crippen LogP contribution in [0.25, 0.3) is 0 Å². The van der Waals surface area contributed by atoms with Crippen LogP contribution in [0.5, 0.6) is 0 Å². The van der Waals surface area contributed by atoms with Gasteiger partial charge in [0.1, 0.15) is 12.6 Å². The number of nitrogens with zero attached hydrogens (tertiary/aromatic N) is 1. The summed E-state index contributed by atoms with van der Waals surface area (Å²) in [5.41, 5.74) is -2.20. The van der Waals surface area contributed by atoms with Crippen LogP contribution >= 0.6 is 0 Å². The fourth-order valence-corrected chi connectivity index (χ4v) is 2.24. The number of para-hydroxylation sites is 1. The van der Waals surface area contributed by atoms with Crippen molar-refractivity contribution in [1.29, 1.82) is 0 Å². The van der Waals surface area contributed by atoms with Crippen molar-refractivity contribution in [2.45, 2.75) is 11.7 Å². The van der Waals surface area contributed by atoms with Crippen molar-refractivity contribution in [3.63, 3.8) is 0 Å². The van der Waals surface area contributed by atoms with Crippen molar-refractivity contribution >= 4 is 23.5 Å². The summed E-state index contributed by atoms with van der Waals surface area (Å²) in [7, 11) is 1.35. The number of aliphatic hydroxyl groups is 2. The first kappa shape index (κ1) is 14.9. The quantitative estimate of drug-likeness (QED) is 0.509. The van der Waals surface area contributed by atoms with Crippen molar-refractivity contribution < 1.29 is 29.7 Å². The van der Waals surface area contributed by atoms with E-state index in [4.69, 9.17) is 5.11 Å². The lowest BCUT2D eigenvalue weighted by Gasteiger charge is -2.39. The van der Waals surface area contributed by atoms with Crippen LogP contribution < -0.4 is 10.2 Å². The predicted molar refractivity (Wildman–Crippen MR) is 70.4 cm³/mol. The molecular weight excluding hydrogens is 280 g/mol. The molecule has 1 aliphatic rings. The summed E-state index contributed by atoms with van der Waals surface area (Å²) < 4.78 is 0. The number of carboxylic acids is 1. The third-order valence-electron chi connectivity index (χ3n) is 3.37. The number of carbonyl (C=O) groups excluding carboxylic acids is 2. The molecule has 2 amide bonds. The normalized spacial score (nSPS) is 24.4. The average Bonchev–Trinajstić information content (AvgIpc) is 2.48. The molecule has 0 spiro atoms. The largest absolute Gasteiger partial charge is 0.480 e. The van der Waals surface area contributed by atoms with Crippen LogP contribution in [0.2, 0.25) is 0 Å². The maximum absolute atomic E-state index is 12.2. The Morgan fingerprint density at radius 1 is 1.38 bits per heavy atom. The SMILES string of the molecule is CN1C(=O)[C@@](O)(C(=O)NCC(=O)O)C(O)c2ccccc21. The molecule has 0 saturated carbocycles. The third-order valence-corrected chi connectivity index (χ3v) is 3.37. The molecule has 0 bridgehead atoms. The number of aliphatic hydroxyl groups excluding tert-OH is 1. The number of carboxylic acid groups (broad SMARTS) is 1. The Bertz CT molecular complexity index is 616. The number of hydrogen-bond acceptors (Lipinski definition) is 5. The number of fused-ring (bicyclic) bond motifs is 1. The van der Waals surface area contributed by atoms with Gasteiger partial charge in [-0.15, -0.1) is 0 Å². The van der Waals surface area contributed by atoms with Gasteiger partial charge in [0.2, 0.25) is 0 Å². The number of nitrogens with one attached hydrogen (secondary N) is 1. The average molecular weight is 294 g/mol. The van der Waals surface area contributed by atoms with Crippen molar-refractivity contribution in [2.24, 2.45) is 0 Å². The molecule has 0 fully saturated rings. The monoisotopic (exact) mass is 294 g/mol. The van der Waals surface area contributed by atoms with Gasteiger partial charge in [0.15, 0.2) is 0 Å². The summed E-state index contributed by atoms with van der Waals surface area (Å²) in [4.78, 5) is 35.7. The summed E-state index contributed by atoms with van der Waals surface area (Å²) in [6.45, 7) is -0.771. The predicted octanol–water partition coefficient (Wildman–Crippen LogP) is -1.37. The Labute approximate surface area is 119 Å². The molecule has 8 nitrogen and oxygen atoms in total. The van der Waals surface area contributed by atoms with E-state index in [1.807, 2.05) is 5.32 Å². The number of amides is 2. The van der Waals surface area contributed by atoms with Crippen molar-refractivity contribution in [2.75, 3.05) is 18.5 Å². The summed E-state index contributed by atoms with van der Waals surface area (Å²) in [5, 5.41) is 31.0. The number of aliphatic carboxylic acids is 1. The first-order chi connectivity index (χ1) is 9.80. The fraction of sp³-hybridized carbons (Fsp3) is 0.308. The molecule has 0 saturated heterocycles. The molecule has 4 N–H and O–H groups in total. The molecule has 2 atom stereocenters. The van der Waals surface area contributed by atoms with Crippen LogP contribution in [-0.4, -0.2) is 52.3 Å². The number of rotatable bonds is 3. The van der Waals surface area contributed by atoms with Gasteiger partial charge in [-0.1, -0.05) is 18.2 Å². The highest BCUT2D eigenvalue weighted by Gasteiger charge is 2.56. The number of carbonyl (C=O) groups is 3. The van der Waals surface area contributed by atoms with Gasteiger partial charge in [-0.2, -0.15) is 0 Å². The van der Waals surface area contributed by atoms with Gasteiger partial charge in [0, 0.05) is 18.3 Å². The van der Waals surface area contributed by atoms with E-state index in [9.17, 15) is 24.6 Å². The van der Waals surface area contributed by atoms with E-state index in [-0.39, 0.29) is 5.56 Å². The number of hydrogen-bond donors (Lipinski definition) is 4. The topological polar surface area (TPSA) is 127 Å². The minimum atomic E-state index is -2.77. The smallest absolute Gasteiger partial charge is 0.322 e. The van der Waals surface area contributed by atoms with Crippen LogP contribution in [0.15, 0.2) is 24.3 Å². The van der Waals surface area contributed by atoms with Gasteiger partial charge in [0.25, 0.3) is 17.4 Å². The second kappa shape index (κ2) is 5.15. The molecule has 21 heavy (non-hydrogen) atoms. The molecule has 8 heteroatoms. The molecule has 1 aliphatic heterocycles. The van der Waals surface area contributed by atoms with E-state index in [0.29, 0.717) is 5.69 Å². The van der Waals surface area contributed by atoms with Gasteiger partial charge in [-0.25, -0.2) is 0 Å². The molecule has 0 aliphatic carbocycles. The van der Waals surface area contributed by atoms with Crippen LogP contribution in [0.3, 0.4) is 0 Å². The first-order valence-corrected chi connectivity index (χ1v) is 6.07. The minimum absolute atomic E-state index is 0.201. The zero-order valence-electron chi connectivity index (χ0n) is 11.1. The van der Waals surface area contributed by atoms with E-state index in [1.54, 1.807) is 18.2 Å². The van der Waals surface area contributed by atoms with Crippen molar-refractivity contribution in [3.8, 4) is 0 Å². The first-order valence-electron chi connectivity index (χ1n) is 6.07. The van der Waals surface area contributed by atoms with E-state index in [2.05, 4.69) is 0 Å². The Morgan fingerprint density at radius 2 is 2.00 bits per heavy atom. The number of anilines is 1. The molecule has 1 unspecified atom stereocenters. The summed E-state index contributed by atoms with van der Waals surface area (Å²) in [6.07, 6.45) is -1.79. The standard InChI is InChI=1S/C13H14N2O6/c1-15-8-5-3-2-4-7(8)10(18)13(21,12(15)20)11(19)14-6-9(16)17/h2-5,10,18,21H,6H2,1H3,(H,14,19)(H,16,17)/t10?,13-/m0/s1. The molecule has 112 valence electrons. The Balaban J connectivity index is 2.42. The summed E-state index contributed by atoms with van der Waals surface area (Å²) >= 11 is 0. The fourth-order valence-electron chi connectivity index (χ4n) is 2.24. The number of benzene rings is 1. The summed E-state index contributed by atoms with van der Waals surface area (Å²) in [6, 6.07) is 6.26. The maximum Gasteiger partial charge on any atom is 0.322 e. The van der Waals surface area contributed by atoms with Gasteiger partial charge in [-0.05, 0) is 6.07 Å². The minimum Gasteiger partial charge on any atom is -0.480 e. The maximum atomic E-state index is 12.2. The Hall–Kier alpha value is -2.45. The molecule has 0 radical (unpaired) electrons. The molecule has 0 aromatic heterocycles. The summed E-state index contributed by atoms with van der Waals surface area (Å²) in [5.74, 6) is -3.63. The Morgan fingerprint density at radius 3 is 2.62 bits per heavy atom. The van der Waals surface area contributed by atoms with Crippen molar-refractivity contribution in [1.82, 2.24) is 5.32 Å². The lowest BCUT2D eigenvalue weighted by Crippen LogP contribution is -2.63. The third kappa shape index (κ3) is 2.24. The zero-order valence-corrected chi connectivity index (χ0v) is 11.1. The van der Waals surface area contributed by atoms with Crippen LogP contribution in [0, 0.1) is 0 Å². The number of likely N-dealkylation sites (N-methyl/N-ethyl adjacent to an activating group) is 1. The molecule has 2 rings (SSSR count). The van der Waals surface area contributed by atoms with Gasteiger partial charge in [0.05, 0.1) is 0 Å². The van der Waals surface area contributed by atoms with Crippen LogP contribution in [0.1, 0.15) is 11.7 Å². The molecule has 1 aromatic carbocycles. The van der Waals surface area contributed by atoms with E-state index < -0.39 is 36.0 Å². The second-order valence-corrected chi connectivity index (χ2v) is 4.67. The lowest BCUT2D eigenvalue weighted by atomic mass is 9.84.